The molecule has 1 aromatic heterocycles. The van der Waals surface area contributed by atoms with Gasteiger partial charge in [0.1, 0.15) is 12.4 Å². The van der Waals surface area contributed by atoms with E-state index in [2.05, 4.69) is 4.98 Å². The SMILES string of the molecule is Cc1cc(COc2ccc(S(=O)(=O)C[C@@H]3[C@@H](C(=O)NO)CCCN3C)cc2)c2ccccc2n1. The van der Waals surface area contributed by atoms with Gasteiger partial charge < -0.3 is 9.64 Å². The lowest BCUT2D eigenvalue weighted by atomic mass is 9.90. The minimum absolute atomic E-state index is 0.173. The molecule has 1 saturated heterocycles. The second-order valence-electron chi connectivity index (χ2n) is 8.75. The number of fused-ring (bicyclic) bond motifs is 1. The Morgan fingerprint density at radius 1 is 1.21 bits per heavy atom. The van der Waals surface area contributed by atoms with E-state index in [-0.39, 0.29) is 10.6 Å². The van der Waals surface area contributed by atoms with Crippen LogP contribution in [-0.4, -0.2) is 54.8 Å². The van der Waals surface area contributed by atoms with Gasteiger partial charge in [0.05, 0.1) is 22.1 Å². The molecule has 4 rings (SSSR count). The zero-order chi connectivity index (χ0) is 24.3. The number of benzene rings is 2. The van der Waals surface area contributed by atoms with Crippen LogP contribution in [0.15, 0.2) is 59.5 Å². The number of amides is 1. The number of aromatic nitrogens is 1. The van der Waals surface area contributed by atoms with Gasteiger partial charge in [0.25, 0.3) is 0 Å². The van der Waals surface area contributed by atoms with E-state index >= 15 is 0 Å². The van der Waals surface area contributed by atoms with Gasteiger partial charge in [0.15, 0.2) is 9.84 Å². The van der Waals surface area contributed by atoms with E-state index in [1.807, 2.05) is 42.2 Å². The van der Waals surface area contributed by atoms with Crippen LogP contribution in [0.2, 0.25) is 0 Å². The maximum Gasteiger partial charge on any atom is 0.248 e. The number of aryl methyl sites for hydroxylation is 1. The average molecular weight is 484 g/mol. The van der Waals surface area contributed by atoms with Gasteiger partial charge in [0.2, 0.25) is 5.91 Å². The number of carbonyl (C=O) groups is 1. The summed E-state index contributed by atoms with van der Waals surface area (Å²) in [5.74, 6) is -0.775. The van der Waals surface area contributed by atoms with E-state index in [1.54, 1.807) is 24.7 Å². The van der Waals surface area contributed by atoms with Gasteiger partial charge in [-0.15, -0.1) is 0 Å². The number of para-hydroxylation sites is 1. The lowest BCUT2D eigenvalue weighted by Gasteiger charge is -2.37. The predicted molar refractivity (Wildman–Crippen MR) is 128 cm³/mol. The van der Waals surface area contributed by atoms with Gasteiger partial charge in [-0.2, -0.15) is 0 Å². The molecule has 1 aliphatic heterocycles. The normalized spacial score (nSPS) is 19.1. The van der Waals surface area contributed by atoms with Crippen molar-refractivity contribution in [2.24, 2.45) is 5.92 Å². The number of likely N-dealkylation sites (tertiary alicyclic amines) is 1. The summed E-state index contributed by atoms with van der Waals surface area (Å²) in [6, 6.07) is 15.7. The summed E-state index contributed by atoms with van der Waals surface area (Å²) >= 11 is 0. The highest BCUT2D eigenvalue weighted by Crippen LogP contribution is 2.27. The van der Waals surface area contributed by atoms with Crippen LogP contribution >= 0.6 is 0 Å². The molecular weight excluding hydrogens is 454 g/mol. The van der Waals surface area contributed by atoms with Gasteiger partial charge in [-0.3, -0.25) is 15.0 Å². The first kappa shape index (κ1) is 24.1. The fourth-order valence-corrected chi connectivity index (χ4v) is 6.28. The molecule has 180 valence electrons. The number of piperidine rings is 1. The molecule has 0 aliphatic carbocycles. The number of rotatable bonds is 7. The van der Waals surface area contributed by atoms with Crippen molar-refractivity contribution in [2.45, 2.75) is 37.3 Å². The minimum atomic E-state index is -3.65. The van der Waals surface area contributed by atoms with Gasteiger partial charge in [0, 0.05) is 22.7 Å². The Bertz CT molecular complexity index is 1280. The summed E-state index contributed by atoms with van der Waals surface area (Å²) < 4.78 is 32.2. The first-order chi connectivity index (χ1) is 16.3. The summed E-state index contributed by atoms with van der Waals surface area (Å²) in [7, 11) is -1.85. The number of hydrogen-bond donors (Lipinski definition) is 2. The van der Waals surface area contributed by atoms with Gasteiger partial charge in [-0.05, 0) is 69.8 Å². The van der Waals surface area contributed by atoms with Crippen molar-refractivity contribution in [3.63, 3.8) is 0 Å². The number of sulfone groups is 1. The van der Waals surface area contributed by atoms with E-state index < -0.39 is 27.7 Å². The van der Waals surface area contributed by atoms with Crippen molar-refractivity contribution >= 4 is 26.6 Å². The first-order valence-electron chi connectivity index (χ1n) is 11.2. The van der Waals surface area contributed by atoms with E-state index in [1.165, 1.54) is 12.1 Å². The summed E-state index contributed by atoms with van der Waals surface area (Å²) in [5.41, 5.74) is 4.50. The number of ether oxygens (including phenoxy) is 1. The van der Waals surface area contributed by atoms with Crippen LogP contribution in [-0.2, 0) is 21.2 Å². The molecule has 0 spiro atoms. The topological polar surface area (TPSA) is 109 Å². The van der Waals surface area contributed by atoms with Crippen LogP contribution in [0.1, 0.15) is 24.1 Å². The lowest BCUT2D eigenvalue weighted by Crippen LogP contribution is -2.51. The molecular formula is C25H29N3O5S. The zero-order valence-electron chi connectivity index (χ0n) is 19.3. The average Bonchev–Trinajstić information content (AvgIpc) is 2.83. The smallest absolute Gasteiger partial charge is 0.248 e. The Balaban J connectivity index is 1.47. The molecule has 2 heterocycles. The summed E-state index contributed by atoms with van der Waals surface area (Å²) in [6.07, 6.45) is 1.30. The summed E-state index contributed by atoms with van der Waals surface area (Å²) in [5, 5.41) is 10.1. The minimum Gasteiger partial charge on any atom is -0.489 e. The van der Waals surface area contributed by atoms with Gasteiger partial charge >= 0.3 is 0 Å². The molecule has 3 aromatic rings. The molecule has 0 saturated carbocycles. The second kappa shape index (κ2) is 10.1. The number of nitrogens with one attached hydrogen (secondary N) is 1. The molecule has 2 N–H and O–H groups in total. The van der Waals surface area contributed by atoms with Gasteiger partial charge in [-0.25, -0.2) is 13.9 Å². The van der Waals surface area contributed by atoms with Crippen LogP contribution < -0.4 is 10.2 Å². The fraction of sp³-hybridized carbons (Fsp3) is 0.360. The Kier molecular flexibility index (Phi) is 7.16. The third-order valence-electron chi connectivity index (χ3n) is 6.40. The highest BCUT2D eigenvalue weighted by molar-refractivity contribution is 7.91. The van der Waals surface area contributed by atoms with Crippen LogP contribution in [0.4, 0.5) is 0 Å². The molecule has 34 heavy (non-hydrogen) atoms. The maximum atomic E-state index is 13.1. The highest BCUT2D eigenvalue weighted by atomic mass is 32.2. The van der Waals surface area contributed by atoms with Crippen LogP contribution in [0.5, 0.6) is 5.75 Å². The van der Waals surface area contributed by atoms with Crippen molar-refractivity contribution in [2.75, 3.05) is 19.3 Å². The van der Waals surface area contributed by atoms with Crippen molar-refractivity contribution < 1.29 is 23.2 Å². The van der Waals surface area contributed by atoms with E-state index in [4.69, 9.17) is 9.94 Å². The molecule has 0 bridgehead atoms. The van der Waals surface area contributed by atoms with E-state index in [0.29, 0.717) is 25.3 Å². The molecule has 2 atom stereocenters. The summed E-state index contributed by atoms with van der Waals surface area (Å²) in [4.78, 5) is 18.7. The number of nitrogens with zero attached hydrogens (tertiary/aromatic N) is 2. The molecule has 8 nitrogen and oxygen atoms in total. The van der Waals surface area contributed by atoms with Crippen LogP contribution in [0, 0.1) is 12.8 Å². The van der Waals surface area contributed by atoms with Crippen LogP contribution in [0.25, 0.3) is 10.9 Å². The Labute approximate surface area is 199 Å². The molecule has 0 unspecified atom stereocenters. The third-order valence-corrected chi connectivity index (χ3v) is 8.17. The fourth-order valence-electron chi connectivity index (χ4n) is 4.60. The molecule has 2 aromatic carbocycles. The quantitative estimate of drug-likeness (QED) is 0.393. The standard InChI is InChI=1S/C25H29N3O5S/c1-17-14-18(21-6-3-4-8-23(21)26-17)15-33-19-9-11-20(12-10-19)34(31,32)16-24-22(25(29)27-30)7-5-13-28(24)2/h3-4,6,8-12,14,22,24,30H,5,7,13,15-16H2,1-2H3,(H,27,29)/t22-,24+/m0/s1. The predicted octanol–water partition coefficient (Wildman–Crippen LogP) is 3.11. The molecule has 1 aliphatic rings. The number of carbonyl (C=O) groups excluding carboxylic acids is 1. The number of pyridine rings is 1. The van der Waals surface area contributed by atoms with Crippen molar-refractivity contribution in [3.05, 3.63) is 65.9 Å². The highest BCUT2D eigenvalue weighted by Gasteiger charge is 2.37. The third kappa shape index (κ3) is 5.22. The maximum absolute atomic E-state index is 13.1. The van der Waals surface area contributed by atoms with E-state index in [0.717, 1.165) is 28.6 Å². The largest absolute Gasteiger partial charge is 0.489 e. The number of hydroxylamine groups is 1. The Morgan fingerprint density at radius 2 is 1.94 bits per heavy atom. The van der Waals surface area contributed by atoms with Crippen molar-refractivity contribution in [1.29, 1.82) is 0 Å². The van der Waals surface area contributed by atoms with E-state index in [9.17, 15) is 13.2 Å². The van der Waals surface area contributed by atoms with Crippen molar-refractivity contribution in [1.82, 2.24) is 15.4 Å². The van der Waals surface area contributed by atoms with Crippen molar-refractivity contribution in [3.8, 4) is 5.75 Å². The Morgan fingerprint density at radius 3 is 2.68 bits per heavy atom. The lowest BCUT2D eigenvalue weighted by molar-refractivity contribution is -0.136. The second-order valence-corrected chi connectivity index (χ2v) is 10.8. The monoisotopic (exact) mass is 483 g/mol. The molecule has 1 fully saturated rings. The molecule has 0 radical (unpaired) electrons. The number of hydrogen-bond acceptors (Lipinski definition) is 7. The molecule has 9 heteroatoms. The van der Waals surface area contributed by atoms with Crippen LogP contribution in [0.3, 0.4) is 0 Å². The zero-order valence-corrected chi connectivity index (χ0v) is 20.1. The van der Waals surface area contributed by atoms with Gasteiger partial charge in [-0.1, -0.05) is 18.2 Å². The summed E-state index contributed by atoms with van der Waals surface area (Å²) in [6.45, 7) is 2.97. The molecule has 1 amide bonds. The Hall–Kier alpha value is -3.01. The first-order valence-corrected chi connectivity index (χ1v) is 12.9.